The van der Waals surface area contributed by atoms with Crippen molar-refractivity contribution in [2.75, 3.05) is 39.5 Å². The summed E-state index contributed by atoms with van der Waals surface area (Å²) in [6, 6.07) is 0. The number of hydrogen-bond acceptors (Lipinski definition) is 8. The molecule has 0 atom stereocenters. The van der Waals surface area contributed by atoms with Crippen LogP contribution in [0.1, 0.15) is 39.5 Å². The van der Waals surface area contributed by atoms with Crippen molar-refractivity contribution >= 4 is 16.1 Å². The Balaban J connectivity index is 1.63. The van der Waals surface area contributed by atoms with Crippen LogP contribution in [-0.4, -0.2) is 86.6 Å². The minimum absolute atomic E-state index is 0.118. The van der Waals surface area contributed by atoms with Crippen LogP contribution in [-0.2, 0) is 21.8 Å². The molecule has 0 N–H and O–H groups in total. The summed E-state index contributed by atoms with van der Waals surface area (Å²) in [5.41, 5.74) is 0. The highest BCUT2D eigenvalue weighted by Crippen LogP contribution is 2.35. The third kappa shape index (κ3) is 6.59. The van der Waals surface area contributed by atoms with Gasteiger partial charge in [-0.15, -0.1) is 0 Å². The highest BCUT2D eigenvalue weighted by molar-refractivity contribution is 7.88. The first-order valence-electron chi connectivity index (χ1n) is 11.2. The van der Waals surface area contributed by atoms with Crippen LogP contribution in [0.15, 0.2) is 6.33 Å². The number of carbonyl (C=O) groups is 1. The number of sulfonamides is 1. The zero-order chi connectivity index (χ0) is 24.2. The van der Waals surface area contributed by atoms with E-state index in [2.05, 4.69) is 4.98 Å². The van der Waals surface area contributed by atoms with Gasteiger partial charge in [-0.3, -0.25) is 0 Å². The van der Waals surface area contributed by atoms with Crippen molar-refractivity contribution in [2.24, 2.45) is 7.05 Å². The van der Waals surface area contributed by atoms with Gasteiger partial charge in [0.1, 0.15) is 12.2 Å². The molecule has 0 radical (unpaired) electrons. The summed E-state index contributed by atoms with van der Waals surface area (Å²) in [5, 5.41) is 0. The Hall–Kier alpha value is -2.34. The quantitative estimate of drug-likeness (QED) is 0.526. The molecule has 0 aromatic carbocycles. The Kier molecular flexibility index (Phi) is 8.22. The van der Waals surface area contributed by atoms with Gasteiger partial charge in [-0.1, -0.05) is 0 Å². The summed E-state index contributed by atoms with van der Waals surface area (Å²) >= 11 is 0. The number of likely N-dealkylation sites (tertiary alicyclic amines) is 1. The molecule has 186 valence electrons. The van der Waals surface area contributed by atoms with Crippen LogP contribution >= 0.6 is 0 Å². The number of piperidine rings is 2. The van der Waals surface area contributed by atoms with Crippen molar-refractivity contribution in [1.29, 1.82) is 0 Å². The van der Waals surface area contributed by atoms with Gasteiger partial charge in [0.05, 0.1) is 26.5 Å². The predicted octanol–water partition coefficient (Wildman–Crippen LogP) is 1.11. The molecule has 2 saturated heterocycles. The van der Waals surface area contributed by atoms with Crippen LogP contribution in [0.2, 0.25) is 0 Å². The minimum atomic E-state index is -3.20. The molecular formula is C21H35N4O7S+. The van der Waals surface area contributed by atoms with Gasteiger partial charge in [0, 0.05) is 39.0 Å². The molecule has 0 saturated carbocycles. The van der Waals surface area contributed by atoms with Gasteiger partial charge in [0.25, 0.3) is 12.1 Å². The number of ether oxygens (including phenoxy) is 4. The maximum atomic E-state index is 12.1. The second kappa shape index (κ2) is 10.7. The van der Waals surface area contributed by atoms with Crippen molar-refractivity contribution in [3.05, 3.63) is 6.33 Å². The number of aromatic nitrogens is 2. The van der Waals surface area contributed by atoms with Gasteiger partial charge in [-0.2, -0.15) is 4.57 Å². The third-order valence-corrected chi connectivity index (χ3v) is 7.03. The number of methoxy groups -OCH3 is 1. The number of amides is 1. The SMILES string of the molecule is COc1c(OC2CCN(C(=O)OC(C)C)CC2)nc[n+](C)c1OC1CCN(S(C)(=O)=O)CC1. The van der Waals surface area contributed by atoms with Gasteiger partial charge in [0.15, 0.2) is 0 Å². The highest BCUT2D eigenvalue weighted by Gasteiger charge is 2.33. The van der Waals surface area contributed by atoms with E-state index in [4.69, 9.17) is 18.9 Å². The summed E-state index contributed by atoms with van der Waals surface area (Å²) < 4.78 is 49.9. The Morgan fingerprint density at radius 1 is 1.09 bits per heavy atom. The van der Waals surface area contributed by atoms with Crippen LogP contribution in [0.3, 0.4) is 0 Å². The summed E-state index contributed by atoms with van der Waals surface area (Å²) in [6.07, 6.45) is 4.58. The summed E-state index contributed by atoms with van der Waals surface area (Å²) in [6.45, 7) is 5.58. The maximum Gasteiger partial charge on any atom is 0.410 e. The molecular weight excluding hydrogens is 452 g/mol. The fraction of sp³-hybridized carbons (Fsp3) is 0.762. The first kappa shape index (κ1) is 25.3. The topological polar surface area (TPSA) is 111 Å². The van der Waals surface area contributed by atoms with Crippen molar-refractivity contribution in [2.45, 2.75) is 57.8 Å². The Labute approximate surface area is 195 Å². The Morgan fingerprint density at radius 3 is 2.21 bits per heavy atom. The van der Waals surface area contributed by atoms with Crippen molar-refractivity contribution in [1.82, 2.24) is 14.2 Å². The molecule has 33 heavy (non-hydrogen) atoms. The van der Waals surface area contributed by atoms with E-state index in [9.17, 15) is 13.2 Å². The lowest BCUT2D eigenvalue weighted by atomic mass is 10.1. The van der Waals surface area contributed by atoms with Gasteiger partial charge < -0.3 is 23.8 Å². The molecule has 0 bridgehead atoms. The molecule has 1 aromatic heterocycles. The molecule has 2 aliphatic heterocycles. The fourth-order valence-corrected chi connectivity index (χ4v) is 4.80. The number of rotatable bonds is 7. The highest BCUT2D eigenvalue weighted by atomic mass is 32.2. The Bertz CT molecular complexity index is 925. The smallest absolute Gasteiger partial charge is 0.410 e. The third-order valence-electron chi connectivity index (χ3n) is 5.72. The van der Waals surface area contributed by atoms with E-state index >= 15 is 0 Å². The molecule has 11 nitrogen and oxygen atoms in total. The molecule has 1 amide bonds. The summed E-state index contributed by atoms with van der Waals surface area (Å²) in [5.74, 6) is 1.22. The molecule has 0 spiro atoms. The van der Waals surface area contributed by atoms with E-state index in [1.165, 1.54) is 17.7 Å². The Morgan fingerprint density at radius 2 is 1.67 bits per heavy atom. The first-order valence-corrected chi connectivity index (χ1v) is 13.1. The van der Waals surface area contributed by atoms with Gasteiger partial charge in [-0.05, 0) is 31.7 Å². The molecule has 2 aliphatic rings. The first-order chi connectivity index (χ1) is 15.6. The average Bonchev–Trinajstić information content (AvgIpc) is 2.76. The standard InChI is InChI=1S/C21H35N4O7S/c1-15(2)30-21(26)24-10-6-16(7-11-24)31-19-18(29-4)20(23(3)14-22-19)32-17-8-12-25(13-9-17)33(5,27)28/h14-17H,6-13H2,1-5H3/q+1. The molecule has 0 aliphatic carbocycles. The van der Waals surface area contributed by atoms with E-state index < -0.39 is 10.0 Å². The van der Waals surface area contributed by atoms with E-state index in [1.807, 2.05) is 13.8 Å². The lowest BCUT2D eigenvalue weighted by Crippen LogP contribution is -2.43. The summed E-state index contributed by atoms with van der Waals surface area (Å²) in [7, 11) is 0.144. The second-order valence-electron chi connectivity index (χ2n) is 8.72. The monoisotopic (exact) mass is 487 g/mol. The maximum absolute atomic E-state index is 12.1. The number of carbonyl (C=O) groups excluding carboxylic acids is 1. The number of aryl methyl sites for hydroxylation is 1. The zero-order valence-corrected chi connectivity index (χ0v) is 20.8. The normalized spacial score (nSPS) is 18.9. The lowest BCUT2D eigenvalue weighted by Gasteiger charge is -2.31. The molecule has 3 heterocycles. The van der Waals surface area contributed by atoms with Crippen molar-refractivity contribution in [3.63, 3.8) is 0 Å². The van der Waals surface area contributed by atoms with Gasteiger partial charge in [-0.25, -0.2) is 17.5 Å². The van der Waals surface area contributed by atoms with Crippen LogP contribution in [0, 0.1) is 0 Å². The van der Waals surface area contributed by atoms with Gasteiger partial charge >= 0.3 is 17.9 Å². The van der Waals surface area contributed by atoms with E-state index in [0.29, 0.717) is 69.4 Å². The number of nitrogens with zero attached hydrogens (tertiary/aromatic N) is 4. The molecule has 12 heteroatoms. The van der Waals surface area contributed by atoms with Crippen LogP contribution < -0.4 is 18.8 Å². The number of hydrogen-bond donors (Lipinski definition) is 0. The van der Waals surface area contributed by atoms with E-state index in [1.54, 1.807) is 22.8 Å². The fourth-order valence-electron chi connectivity index (χ4n) is 3.93. The van der Waals surface area contributed by atoms with E-state index in [0.717, 1.165) is 0 Å². The average molecular weight is 488 g/mol. The van der Waals surface area contributed by atoms with Crippen molar-refractivity contribution in [3.8, 4) is 17.5 Å². The van der Waals surface area contributed by atoms with Crippen molar-refractivity contribution < 1.29 is 36.7 Å². The molecule has 3 rings (SSSR count). The predicted molar refractivity (Wildman–Crippen MR) is 119 cm³/mol. The zero-order valence-electron chi connectivity index (χ0n) is 20.0. The lowest BCUT2D eigenvalue weighted by molar-refractivity contribution is -0.681. The van der Waals surface area contributed by atoms with Gasteiger partial charge in [0.2, 0.25) is 10.0 Å². The van der Waals surface area contributed by atoms with Crippen LogP contribution in [0.4, 0.5) is 4.79 Å². The van der Waals surface area contributed by atoms with Crippen LogP contribution in [0.25, 0.3) is 0 Å². The molecule has 2 fully saturated rings. The molecule has 1 aromatic rings. The van der Waals surface area contributed by atoms with E-state index in [-0.39, 0.29) is 24.4 Å². The minimum Gasteiger partial charge on any atom is -0.484 e. The molecule has 0 unspecified atom stereocenters. The largest absolute Gasteiger partial charge is 0.484 e. The summed E-state index contributed by atoms with van der Waals surface area (Å²) in [4.78, 5) is 18.2. The second-order valence-corrected chi connectivity index (χ2v) is 10.7. The van der Waals surface area contributed by atoms with Crippen LogP contribution in [0.5, 0.6) is 17.5 Å².